The number of hydrogen-bond donors (Lipinski definition) is 0. The second-order valence-electron chi connectivity index (χ2n) is 5.66. The molecule has 0 aliphatic rings. The number of alkyl halides is 3. The van der Waals surface area contributed by atoms with E-state index in [1.165, 1.54) is 6.07 Å². The first-order valence-electron chi connectivity index (χ1n) is 7.46. The molecule has 0 saturated carbocycles. The average Bonchev–Trinajstić information content (AvgIpc) is 2.57. The van der Waals surface area contributed by atoms with E-state index in [2.05, 4.69) is 13.2 Å². The lowest BCUT2D eigenvalue weighted by Gasteiger charge is -2.08. The number of hydrogen-bond acceptors (Lipinski definition) is 1. The molecular formula is C21H16F3N. The quantitative estimate of drug-likeness (QED) is 0.365. The Morgan fingerprint density at radius 1 is 1.04 bits per heavy atom. The van der Waals surface area contributed by atoms with E-state index in [1.807, 2.05) is 31.2 Å². The van der Waals surface area contributed by atoms with Gasteiger partial charge < -0.3 is 0 Å². The van der Waals surface area contributed by atoms with Gasteiger partial charge in [0.1, 0.15) is 0 Å². The van der Waals surface area contributed by atoms with Crippen molar-refractivity contribution in [2.45, 2.75) is 13.1 Å². The predicted octanol–water partition coefficient (Wildman–Crippen LogP) is 6.28. The Morgan fingerprint density at radius 3 is 2.36 bits per heavy atom. The van der Waals surface area contributed by atoms with E-state index in [0.717, 1.165) is 28.8 Å². The Labute approximate surface area is 145 Å². The number of benzene rings is 2. The highest BCUT2D eigenvalue weighted by atomic mass is 19.4. The molecule has 1 nitrogen and oxygen atoms in total. The summed E-state index contributed by atoms with van der Waals surface area (Å²) in [6.07, 6.45) is -1.01. The van der Waals surface area contributed by atoms with E-state index in [1.54, 1.807) is 18.2 Å². The Hall–Kier alpha value is -3.06. The smallest absolute Gasteiger partial charge is 0.192 e. The van der Waals surface area contributed by atoms with Crippen LogP contribution in [0.15, 0.2) is 61.2 Å². The van der Waals surface area contributed by atoms with Crippen molar-refractivity contribution in [3.8, 4) is 6.07 Å². The molecule has 0 spiro atoms. The van der Waals surface area contributed by atoms with Crippen LogP contribution in [0.25, 0.3) is 17.7 Å². The Morgan fingerprint density at radius 2 is 1.72 bits per heavy atom. The van der Waals surface area contributed by atoms with Crippen molar-refractivity contribution in [3.63, 3.8) is 0 Å². The van der Waals surface area contributed by atoms with E-state index >= 15 is 0 Å². The van der Waals surface area contributed by atoms with Gasteiger partial charge in [0.2, 0.25) is 0 Å². The van der Waals surface area contributed by atoms with Crippen molar-refractivity contribution in [1.82, 2.24) is 0 Å². The lowest BCUT2D eigenvalue weighted by Crippen LogP contribution is -2.04. The number of nitriles is 1. The highest BCUT2D eigenvalue weighted by Crippen LogP contribution is 2.30. The summed E-state index contributed by atoms with van der Waals surface area (Å²) in [4.78, 5) is 0. The summed E-state index contributed by atoms with van der Waals surface area (Å²) in [7, 11) is 0. The summed E-state index contributed by atoms with van der Waals surface area (Å²) in [5.74, 6) is 0. The summed E-state index contributed by atoms with van der Waals surface area (Å²) < 4.78 is 38.3. The number of nitrogens with zero attached hydrogens (tertiary/aromatic N) is 1. The maximum atomic E-state index is 12.8. The minimum Gasteiger partial charge on any atom is -0.192 e. The molecule has 0 aromatic heterocycles. The van der Waals surface area contributed by atoms with Crippen molar-refractivity contribution < 1.29 is 13.2 Å². The van der Waals surface area contributed by atoms with Crippen LogP contribution in [0.4, 0.5) is 13.2 Å². The normalized spacial score (nSPS) is 11.3. The molecule has 0 bridgehead atoms. The van der Waals surface area contributed by atoms with Crippen molar-refractivity contribution in [2.24, 2.45) is 0 Å². The van der Waals surface area contributed by atoms with Gasteiger partial charge in [-0.2, -0.15) is 18.4 Å². The molecule has 0 saturated heterocycles. The molecule has 0 aliphatic heterocycles. The van der Waals surface area contributed by atoms with Crippen LogP contribution in [0, 0.1) is 18.3 Å². The molecular weight excluding hydrogens is 323 g/mol. The van der Waals surface area contributed by atoms with Crippen LogP contribution in [0.3, 0.4) is 0 Å². The Kier molecular flexibility index (Phi) is 5.29. The summed E-state index contributed by atoms with van der Waals surface area (Å²) in [5.41, 5.74) is 3.09. The van der Waals surface area contributed by atoms with Gasteiger partial charge in [-0.15, -0.1) is 0 Å². The molecule has 2 rings (SSSR count). The van der Waals surface area contributed by atoms with Crippen LogP contribution in [0.2, 0.25) is 0 Å². The topological polar surface area (TPSA) is 23.8 Å². The summed E-state index contributed by atoms with van der Waals surface area (Å²) >= 11 is 0. The molecule has 2 aromatic rings. The maximum absolute atomic E-state index is 12.8. The van der Waals surface area contributed by atoms with E-state index in [0.29, 0.717) is 11.1 Å². The summed E-state index contributed by atoms with van der Waals surface area (Å²) in [5, 5.41) is 8.93. The average molecular weight is 339 g/mol. The van der Waals surface area contributed by atoms with E-state index < -0.39 is 11.7 Å². The van der Waals surface area contributed by atoms with Gasteiger partial charge in [-0.1, -0.05) is 49.6 Å². The second kappa shape index (κ2) is 7.23. The number of aryl methyl sites for hydroxylation is 1. The van der Waals surface area contributed by atoms with Gasteiger partial charge in [0.25, 0.3) is 0 Å². The summed E-state index contributed by atoms with van der Waals surface area (Å²) in [6.45, 7) is 9.41. The molecule has 0 fully saturated rings. The fourth-order valence-electron chi connectivity index (χ4n) is 2.34. The molecule has 126 valence electrons. The summed E-state index contributed by atoms with van der Waals surface area (Å²) in [6, 6.07) is 12.7. The first kappa shape index (κ1) is 18.3. The number of rotatable bonds is 4. The van der Waals surface area contributed by atoms with Gasteiger partial charge >= 0.3 is 6.18 Å². The zero-order chi connectivity index (χ0) is 18.6. The fourth-order valence-corrected chi connectivity index (χ4v) is 2.34. The molecule has 0 amide bonds. The molecule has 0 atom stereocenters. The lowest BCUT2D eigenvalue weighted by molar-refractivity contribution is -0.137. The van der Waals surface area contributed by atoms with Gasteiger partial charge in [0.15, 0.2) is 0 Å². The maximum Gasteiger partial charge on any atom is 0.416 e. The highest BCUT2D eigenvalue weighted by Gasteiger charge is 2.30. The first-order valence-corrected chi connectivity index (χ1v) is 7.46. The van der Waals surface area contributed by atoms with Crippen molar-refractivity contribution in [2.75, 3.05) is 0 Å². The predicted molar refractivity (Wildman–Crippen MR) is 95.3 cm³/mol. The standard InChI is InChI=1S/C21H16F3N/c1-14-9-18(11-19(10-14)16(3)15(2)13-25)8-7-17-5-4-6-20(12-17)21(22,23)24/h4-12H,2-3H2,1H3/b8-7+. The Balaban J connectivity index is 2.33. The van der Waals surface area contributed by atoms with E-state index in [4.69, 9.17) is 5.26 Å². The zero-order valence-corrected chi connectivity index (χ0v) is 13.7. The minimum atomic E-state index is -4.37. The van der Waals surface area contributed by atoms with Crippen LogP contribution >= 0.6 is 0 Å². The minimum absolute atomic E-state index is 0.276. The SMILES string of the molecule is C=C(C#N)C(=C)c1cc(C)cc(/C=C/c2cccc(C(F)(F)F)c2)c1. The van der Waals surface area contributed by atoms with E-state index in [9.17, 15) is 13.2 Å². The van der Waals surface area contributed by atoms with Crippen LogP contribution in [-0.4, -0.2) is 0 Å². The monoisotopic (exact) mass is 339 g/mol. The third kappa shape index (κ3) is 4.71. The Bertz CT molecular complexity index is 896. The molecule has 0 radical (unpaired) electrons. The van der Waals surface area contributed by atoms with Gasteiger partial charge in [-0.05, 0) is 52.9 Å². The lowest BCUT2D eigenvalue weighted by atomic mass is 9.97. The van der Waals surface area contributed by atoms with Gasteiger partial charge in [0, 0.05) is 0 Å². The first-order chi connectivity index (χ1) is 11.7. The highest BCUT2D eigenvalue weighted by molar-refractivity contribution is 5.82. The van der Waals surface area contributed by atoms with Crippen LogP contribution < -0.4 is 0 Å². The van der Waals surface area contributed by atoms with Crippen LogP contribution in [0.1, 0.15) is 27.8 Å². The molecule has 0 heterocycles. The van der Waals surface area contributed by atoms with Gasteiger partial charge in [-0.25, -0.2) is 0 Å². The van der Waals surface area contributed by atoms with Crippen LogP contribution in [0.5, 0.6) is 0 Å². The van der Waals surface area contributed by atoms with Crippen molar-refractivity contribution >= 4 is 17.7 Å². The van der Waals surface area contributed by atoms with Crippen molar-refractivity contribution in [1.29, 1.82) is 5.26 Å². The van der Waals surface area contributed by atoms with Gasteiger partial charge in [-0.3, -0.25) is 0 Å². The molecule has 0 unspecified atom stereocenters. The van der Waals surface area contributed by atoms with Crippen LogP contribution in [-0.2, 0) is 6.18 Å². The van der Waals surface area contributed by atoms with Crippen molar-refractivity contribution in [3.05, 3.63) is 89.0 Å². The molecule has 0 N–H and O–H groups in total. The third-order valence-corrected chi connectivity index (χ3v) is 3.63. The van der Waals surface area contributed by atoms with E-state index in [-0.39, 0.29) is 5.57 Å². The number of allylic oxidation sites excluding steroid dienone is 2. The molecule has 4 heteroatoms. The molecule has 0 aliphatic carbocycles. The van der Waals surface area contributed by atoms with Gasteiger partial charge in [0.05, 0.1) is 17.2 Å². The largest absolute Gasteiger partial charge is 0.416 e. The second-order valence-corrected chi connectivity index (χ2v) is 5.66. The molecule has 25 heavy (non-hydrogen) atoms. The zero-order valence-electron chi connectivity index (χ0n) is 13.7. The number of halogens is 3. The fraction of sp³-hybridized carbons (Fsp3) is 0.0952. The third-order valence-electron chi connectivity index (χ3n) is 3.63. The molecule has 2 aromatic carbocycles.